The lowest BCUT2D eigenvalue weighted by Gasteiger charge is -2.12. The molecule has 0 unspecified atom stereocenters. The maximum absolute atomic E-state index is 12.4. The van der Waals surface area contributed by atoms with Crippen LogP contribution < -0.4 is 14.2 Å². The van der Waals surface area contributed by atoms with Crippen molar-refractivity contribution in [3.05, 3.63) is 78.9 Å². The highest BCUT2D eigenvalue weighted by molar-refractivity contribution is 5.89. The summed E-state index contributed by atoms with van der Waals surface area (Å²) in [6.45, 7) is 14.5. The summed E-state index contributed by atoms with van der Waals surface area (Å²) in [4.78, 5) is 59.5. The third-order valence-electron chi connectivity index (χ3n) is 4.87. The summed E-state index contributed by atoms with van der Waals surface area (Å²) in [6.07, 6.45) is -0.454. The fourth-order valence-electron chi connectivity index (χ4n) is 2.83. The number of hydrogen-bond acceptors (Lipinski definition) is 10. The molecule has 0 aliphatic rings. The molecular weight excluding hydrogens is 520 g/mol. The summed E-state index contributed by atoms with van der Waals surface area (Å²) in [5.41, 5.74) is 1.77. The SMILES string of the molecule is C=C(C)C(=O)OCCC(=O)Oc1cc(OC(=O)CCOC(=O)C(=C)C)cc(-c2ccc(OC(=O)C(=C)C)cc2)c1. The van der Waals surface area contributed by atoms with Crippen molar-refractivity contribution in [2.75, 3.05) is 13.2 Å². The first-order chi connectivity index (χ1) is 18.8. The molecule has 0 saturated heterocycles. The molecule has 210 valence electrons. The zero-order valence-electron chi connectivity index (χ0n) is 22.6. The second kappa shape index (κ2) is 14.8. The van der Waals surface area contributed by atoms with Crippen molar-refractivity contribution < 1.29 is 47.7 Å². The minimum absolute atomic E-state index is 0.0584. The van der Waals surface area contributed by atoms with E-state index in [0.717, 1.165) is 0 Å². The van der Waals surface area contributed by atoms with Gasteiger partial charge in [-0.15, -0.1) is 0 Å². The molecule has 10 nitrogen and oxygen atoms in total. The van der Waals surface area contributed by atoms with E-state index in [2.05, 4.69) is 19.7 Å². The first-order valence-corrected chi connectivity index (χ1v) is 12.1. The van der Waals surface area contributed by atoms with Crippen LogP contribution in [0.25, 0.3) is 11.1 Å². The highest BCUT2D eigenvalue weighted by Gasteiger charge is 2.15. The highest BCUT2D eigenvalue weighted by Crippen LogP contribution is 2.31. The van der Waals surface area contributed by atoms with Crippen LogP contribution in [0.2, 0.25) is 0 Å². The molecule has 10 heteroatoms. The summed E-state index contributed by atoms with van der Waals surface area (Å²) in [5.74, 6) is -2.81. The minimum atomic E-state index is -0.697. The Morgan fingerprint density at radius 1 is 0.550 bits per heavy atom. The predicted molar refractivity (Wildman–Crippen MR) is 144 cm³/mol. The number of esters is 5. The fraction of sp³-hybridized carbons (Fsp3) is 0.233. The van der Waals surface area contributed by atoms with E-state index in [4.69, 9.17) is 23.7 Å². The number of ether oxygens (including phenoxy) is 5. The van der Waals surface area contributed by atoms with Gasteiger partial charge in [0.1, 0.15) is 30.5 Å². The molecule has 0 bridgehead atoms. The van der Waals surface area contributed by atoms with Gasteiger partial charge in [-0.05, 0) is 56.2 Å². The molecule has 2 aromatic rings. The molecule has 2 aromatic carbocycles. The molecular formula is C30H30O10. The normalized spacial score (nSPS) is 10.1. The average Bonchev–Trinajstić information content (AvgIpc) is 2.88. The summed E-state index contributed by atoms with van der Waals surface area (Å²) < 4.78 is 25.8. The number of rotatable bonds is 13. The molecule has 0 fully saturated rings. The molecule has 0 aliphatic heterocycles. The van der Waals surface area contributed by atoms with Crippen molar-refractivity contribution in [1.82, 2.24) is 0 Å². The van der Waals surface area contributed by atoms with Gasteiger partial charge in [0, 0.05) is 22.8 Å². The smallest absolute Gasteiger partial charge is 0.338 e. The van der Waals surface area contributed by atoms with Crippen LogP contribution in [0, 0.1) is 0 Å². The molecule has 2 rings (SSSR count). The molecule has 0 amide bonds. The molecule has 0 radical (unpaired) electrons. The number of benzene rings is 2. The molecule has 0 saturated carbocycles. The molecule has 40 heavy (non-hydrogen) atoms. The maximum atomic E-state index is 12.4. The van der Waals surface area contributed by atoms with Gasteiger partial charge >= 0.3 is 29.8 Å². The second-order valence-electron chi connectivity index (χ2n) is 8.67. The average molecular weight is 551 g/mol. The van der Waals surface area contributed by atoms with Crippen LogP contribution in [0.15, 0.2) is 78.9 Å². The lowest BCUT2D eigenvalue weighted by Crippen LogP contribution is -2.15. The van der Waals surface area contributed by atoms with Crippen molar-refractivity contribution in [2.24, 2.45) is 0 Å². The van der Waals surface area contributed by atoms with Crippen LogP contribution in [-0.4, -0.2) is 43.1 Å². The van der Waals surface area contributed by atoms with E-state index in [0.29, 0.717) is 16.9 Å². The van der Waals surface area contributed by atoms with Crippen molar-refractivity contribution >= 4 is 29.8 Å². The van der Waals surface area contributed by atoms with Gasteiger partial charge in [-0.2, -0.15) is 0 Å². The standard InChI is InChI=1S/C30H30O10/c1-18(2)28(33)36-13-11-26(31)38-24-15-22(21-7-9-23(10-8-21)40-30(35)20(5)6)16-25(17-24)39-27(32)12-14-37-29(34)19(3)4/h7-10,15-17H,1,3,5,11-14H2,2,4,6H3. The third-order valence-corrected chi connectivity index (χ3v) is 4.87. The van der Waals surface area contributed by atoms with Gasteiger partial charge in [0.2, 0.25) is 0 Å². The molecule has 0 N–H and O–H groups in total. The van der Waals surface area contributed by atoms with Crippen LogP contribution >= 0.6 is 0 Å². The Kier molecular flexibility index (Phi) is 11.6. The van der Waals surface area contributed by atoms with Gasteiger partial charge in [-0.3, -0.25) is 9.59 Å². The fourth-order valence-corrected chi connectivity index (χ4v) is 2.83. The van der Waals surface area contributed by atoms with Crippen molar-refractivity contribution in [3.63, 3.8) is 0 Å². The van der Waals surface area contributed by atoms with Gasteiger partial charge in [-0.1, -0.05) is 31.9 Å². The summed E-state index contributed by atoms with van der Waals surface area (Å²) in [5, 5.41) is 0. The summed E-state index contributed by atoms with van der Waals surface area (Å²) in [7, 11) is 0. The lowest BCUT2D eigenvalue weighted by atomic mass is 10.0. The monoisotopic (exact) mass is 550 g/mol. The number of carbonyl (C=O) groups is 5. The molecule has 0 aromatic heterocycles. The quantitative estimate of drug-likeness (QED) is 0.197. The van der Waals surface area contributed by atoms with Gasteiger partial charge in [0.15, 0.2) is 0 Å². The Hall–Kier alpha value is -4.99. The Bertz CT molecular complexity index is 1270. The van der Waals surface area contributed by atoms with E-state index in [9.17, 15) is 24.0 Å². The minimum Gasteiger partial charge on any atom is -0.462 e. The maximum Gasteiger partial charge on any atom is 0.338 e. The van der Waals surface area contributed by atoms with E-state index in [1.54, 1.807) is 36.4 Å². The van der Waals surface area contributed by atoms with Crippen molar-refractivity contribution in [3.8, 4) is 28.4 Å². The van der Waals surface area contributed by atoms with Gasteiger partial charge in [-0.25, -0.2) is 14.4 Å². The topological polar surface area (TPSA) is 132 Å². The van der Waals surface area contributed by atoms with Crippen LogP contribution in [0.1, 0.15) is 33.6 Å². The van der Waals surface area contributed by atoms with E-state index < -0.39 is 29.8 Å². The van der Waals surface area contributed by atoms with Crippen molar-refractivity contribution in [2.45, 2.75) is 33.6 Å². The molecule has 0 heterocycles. The van der Waals surface area contributed by atoms with E-state index in [1.807, 2.05) is 0 Å². The first-order valence-electron chi connectivity index (χ1n) is 12.1. The Morgan fingerprint density at radius 2 is 0.975 bits per heavy atom. The van der Waals surface area contributed by atoms with E-state index in [-0.39, 0.29) is 54.3 Å². The Labute approximate surface area is 231 Å². The largest absolute Gasteiger partial charge is 0.462 e. The second-order valence-corrected chi connectivity index (χ2v) is 8.67. The van der Waals surface area contributed by atoms with Crippen LogP contribution in [0.3, 0.4) is 0 Å². The molecule has 0 aliphatic carbocycles. The van der Waals surface area contributed by atoms with E-state index in [1.165, 1.54) is 26.8 Å². The zero-order chi connectivity index (χ0) is 29.8. The van der Waals surface area contributed by atoms with Gasteiger partial charge in [0.05, 0.1) is 12.8 Å². The lowest BCUT2D eigenvalue weighted by molar-refractivity contribution is -0.143. The van der Waals surface area contributed by atoms with Crippen molar-refractivity contribution in [1.29, 1.82) is 0 Å². The van der Waals surface area contributed by atoms with Crippen LogP contribution in [-0.2, 0) is 33.4 Å². The summed E-state index contributed by atoms with van der Waals surface area (Å²) in [6, 6.07) is 10.8. The number of carbonyl (C=O) groups excluding carboxylic acids is 5. The van der Waals surface area contributed by atoms with Gasteiger partial charge < -0.3 is 23.7 Å². The van der Waals surface area contributed by atoms with Gasteiger partial charge in [0.25, 0.3) is 0 Å². The first kappa shape index (κ1) is 31.2. The molecule has 0 spiro atoms. The molecule has 0 atom stereocenters. The highest BCUT2D eigenvalue weighted by atomic mass is 16.6. The predicted octanol–water partition coefficient (Wildman–Crippen LogP) is 4.66. The van der Waals surface area contributed by atoms with Crippen LogP contribution in [0.5, 0.6) is 17.2 Å². The third kappa shape index (κ3) is 10.4. The summed E-state index contributed by atoms with van der Waals surface area (Å²) >= 11 is 0. The Morgan fingerprint density at radius 3 is 1.38 bits per heavy atom. The zero-order valence-corrected chi connectivity index (χ0v) is 22.6. The number of hydrogen-bond donors (Lipinski definition) is 0. The van der Waals surface area contributed by atoms with Crippen LogP contribution in [0.4, 0.5) is 0 Å². The Balaban J connectivity index is 2.21. The van der Waals surface area contributed by atoms with E-state index >= 15 is 0 Å².